The van der Waals surface area contributed by atoms with Crippen LogP contribution < -0.4 is 5.49 Å². The van der Waals surface area contributed by atoms with Crippen molar-refractivity contribution < 1.29 is 0 Å². The fraction of sp³-hybridized carbons (Fsp3) is 0.579. The van der Waals surface area contributed by atoms with Crippen LogP contribution in [-0.4, -0.2) is 9.55 Å². The van der Waals surface area contributed by atoms with Crippen molar-refractivity contribution in [3.8, 4) is 0 Å². The molecule has 0 amide bonds. The molecule has 0 saturated heterocycles. The van der Waals surface area contributed by atoms with Crippen molar-refractivity contribution in [3.63, 3.8) is 0 Å². The van der Waals surface area contributed by atoms with Gasteiger partial charge in [-0.2, -0.15) is 0 Å². The molecule has 22 heavy (non-hydrogen) atoms. The lowest BCUT2D eigenvalue weighted by Crippen LogP contribution is -2.29. The zero-order chi connectivity index (χ0) is 15.5. The second kappa shape index (κ2) is 6.64. The van der Waals surface area contributed by atoms with Gasteiger partial charge in [-0.3, -0.25) is 5.41 Å². The Morgan fingerprint density at radius 2 is 1.68 bits per heavy atom. The summed E-state index contributed by atoms with van der Waals surface area (Å²) in [5.41, 5.74) is 5.97. The highest BCUT2D eigenvalue weighted by Crippen LogP contribution is 2.37. The smallest absolute Gasteiger partial charge is 0.131 e. The Morgan fingerprint density at radius 1 is 1.05 bits per heavy atom. The summed E-state index contributed by atoms with van der Waals surface area (Å²) in [4.78, 5) is 4.73. The number of nitrogens with one attached hydrogen (secondary N) is 1. The fourth-order valence-corrected chi connectivity index (χ4v) is 3.91. The highest BCUT2D eigenvalue weighted by atomic mass is 15.1. The summed E-state index contributed by atoms with van der Waals surface area (Å²) in [7, 11) is 0. The predicted octanol–water partition coefficient (Wildman–Crippen LogP) is 4.25. The SMILES string of the molecule is C/C=C1/CC(n2cnc3c(c2=N)CCCCCC3)C/C1=C/C. The number of hydrogen-bond acceptors (Lipinski definition) is 2. The van der Waals surface area contributed by atoms with Crippen molar-refractivity contribution in [3.05, 3.63) is 46.4 Å². The Kier molecular flexibility index (Phi) is 4.60. The Labute approximate surface area is 133 Å². The highest BCUT2D eigenvalue weighted by Gasteiger charge is 2.25. The minimum Gasteiger partial charge on any atom is -0.314 e. The van der Waals surface area contributed by atoms with Crippen LogP contribution in [0.15, 0.2) is 29.6 Å². The lowest BCUT2D eigenvalue weighted by atomic mass is 9.98. The van der Waals surface area contributed by atoms with Gasteiger partial charge < -0.3 is 4.57 Å². The molecule has 0 aliphatic heterocycles. The average molecular weight is 297 g/mol. The average Bonchev–Trinajstić information content (AvgIpc) is 2.91. The molecule has 1 aromatic heterocycles. The van der Waals surface area contributed by atoms with Crippen molar-refractivity contribution in [2.24, 2.45) is 0 Å². The molecule has 1 saturated carbocycles. The minimum absolute atomic E-state index is 0.369. The van der Waals surface area contributed by atoms with Crippen LogP contribution in [0.25, 0.3) is 0 Å². The van der Waals surface area contributed by atoms with Gasteiger partial charge >= 0.3 is 0 Å². The second-order valence-corrected chi connectivity index (χ2v) is 6.53. The number of nitrogens with zero attached hydrogens (tertiary/aromatic N) is 2. The van der Waals surface area contributed by atoms with Gasteiger partial charge in [0, 0.05) is 17.3 Å². The van der Waals surface area contributed by atoms with Crippen LogP contribution in [0.2, 0.25) is 0 Å². The Balaban J connectivity index is 1.96. The standard InChI is InChI=1S/C19H27N3/c1-3-14-11-16(12-15(14)4-2)22-13-21-18-10-8-6-5-7-9-17(18)19(22)20/h3-4,13,16,20H,5-12H2,1-2H3/b14-3-,15-4-,20-19?. The molecule has 0 unspecified atom stereocenters. The number of allylic oxidation sites excluding steroid dienone is 4. The van der Waals surface area contributed by atoms with Gasteiger partial charge in [0.1, 0.15) is 5.49 Å². The van der Waals surface area contributed by atoms with E-state index in [1.54, 1.807) is 0 Å². The summed E-state index contributed by atoms with van der Waals surface area (Å²) in [6.07, 6.45) is 15.5. The van der Waals surface area contributed by atoms with E-state index in [0.717, 1.165) is 25.7 Å². The summed E-state index contributed by atoms with van der Waals surface area (Å²) < 4.78 is 2.13. The van der Waals surface area contributed by atoms with Gasteiger partial charge in [-0.25, -0.2) is 4.98 Å². The molecule has 0 radical (unpaired) electrons. The number of aromatic nitrogens is 2. The zero-order valence-electron chi connectivity index (χ0n) is 13.9. The first-order chi connectivity index (χ1) is 10.7. The van der Waals surface area contributed by atoms with Crippen LogP contribution in [0.5, 0.6) is 0 Å². The summed E-state index contributed by atoms with van der Waals surface area (Å²) >= 11 is 0. The third-order valence-electron chi connectivity index (χ3n) is 5.23. The topological polar surface area (TPSA) is 41.7 Å². The molecule has 3 rings (SSSR count). The lowest BCUT2D eigenvalue weighted by molar-refractivity contribution is 0.487. The molecule has 3 heteroatoms. The number of rotatable bonds is 1. The molecular weight excluding hydrogens is 270 g/mol. The molecule has 2 aliphatic rings. The summed E-state index contributed by atoms with van der Waals surface area (Å²) in [6.45, 7) is 4.23. The molecule has 0 bridgehead atoms. The largest absolute Gasteiger partial charge is 0.314 e. The molecule has 0 spiro atoms. The molecular formula is C19H27N3. The normalized spacial score (nSPS) is 23.5. The van der Waals surface area contributed by atoms with Gasteiger partial charge in [-0.15, -0.1) is 0 Å². The summed E-state index contributed by atoms with van der Waals surface area (Å²) in [6, 6.07) is 0.369. The van der Waals surface area contributed by atoms with E-state index >= 15 is 0 Å². The van der Waals surface area contributed by atoms with E-state index in [2.05, 4.69) is 30.6 Å². The van der Waals surface area contributed by atoms with E-state index in [-0.39, 0.29) is 0 Å². The number of fused-ring (bicyclic) bond motifs is 1. The van der Waals surface area contributed by atoms with Crippen molar-refractivity contribution in [2.45, 2.75) is 71.3 Å². The molecule has 1 aromatic rings. The maximum absolute atomic E-state index is 8.69. The van der Waals surface area contributed by atoms with E-state index in [9.17, 15) is 0 Å². The van der Waals surface area contributed by atoms with Crippen LogP contribution in [-0.2, 0) is 12.8 Å². The van der Waals surface area contributed by atoms with E-state index < -0.39 is 0 Å². The number of aryl methyl sites for hydroxylation is 1. The Morgan fingerprint density at radius 3 is 2.32 bits per heavy atom. The van der Waals surface area contributed by atoms with E-state index in [1.165, 1.54) is 48.1 Å². The van der Waals surface area contributed by atoms with Gasteiger partial charge in [0.05, 0.1) is 6.33 Å². The molecule has 0 aromatic carbocycles. The van der Waals surface area contributed by atoms with Crippen LogP contribution in [0.1, 0.15) is 69.7 Å². The zero-order valence-corrected chi connectivity index (χ0v) is 13.9. The Hall–Kier alpha value is -1.64. The van der Waals surface area contributed by atoms with Crippen LogP contribution in [0.4, 0.5) is 0 Å². The molecule has 1 fully saturated rings. The van der Waals surface area contributed by atoms with Gasteiger partial charge in [0.2, 0.25) is 0 Å². The molecule has 118 valence electrons. The monoisotopic (exact) mass is 297 g/mol. The van der Waals surface area contributed by atoms with Gasteiger partial charge in [0.15, 0.2) is 0 Å². The van der Waals surface area contributed by atoms with Crippen molar-refractivity contribution >= 4 is 0 Å². The van der Waals surface area contributed by atoms with Gasteiger partial charge in [-0.1, -0.05) is 25.0 Å². The second-order valence-electron chi connectivity index (χ2n) is 6.53. The van der Waals surface area contributed by atoms with Gasteiger partial charge in [-0.05, 0) is 63.5 Å². The first-order valence-electron chi connectivity index (χ1n) is 8.68. The van der Waals surface area contributed by atoms with Crippen LogP contribution in [0.3, 0.4) is 0 Å². The molecule has 1 N–H and O–H groups in total. The van der Waals surface area contributed by atoms with Crippen molar-refractivity contribution in [1.29, 1.82) is 5.41 Å². The molecule has 2 aliphatic carbocycles. The van der Waals surface area contributed by atoms with E-state index in [1.807, 2.05) is 6.33 Å². The van der Waals surface area contributed by atoms with Crippen molar-refractivity contribution in [1.82, 2.24) is 9.55 Å². The summed E-state index contributed by atoms with van der Waals surface area (Å²) in [5, 5.41) is 8.69. The Bertz CT molecular complexity index is 644. The first kappa shape index (κ1) is 15.3. The summed E-state index contributed by atoms with van der Waals surface area (Å²) in [5.74, 6) is 0. The molecule has 0 atom stereocenters. The minimum atomic E-state index is 0.369. The van der Waals surface area contributed by atoms with Crippen molar-refractivity contribution in [2.75, 3.05) is 0 Å². The molecule has 1 heterocycles. The van der Waals surface area contributed by atoms with E-state index in [4.69, 9.17) is 10.4 Å². The van der Waals surface area contributed by atoms with E-state index in [0.29, 0.717) is 11.5 Å². The molecule has 3 nitrogen and oxygen atoms in total. The van der Waals surface area contributed by atoms with Gasteiger partial charge in [0.25, 0.3) is 0 Å². The first-order valence-corrected chi connectivity index (χ1v) is 8.68. The third-order valence-corrected chi connectivity index (χ3v) is 5.23. The fourth-order valence-electron chi connectivity index (χ4n) is 3.91. The maximum Gasteiger partial charge on any atom is 0.131 e. The van der Waals surface area contributed by atoms with Crippen LogP contribution >= 0.6 is 0 Å². The third kappa shape index (κ3) is 2.81. The number of hydrogen-bond donors (Lipinski definition) is 1. The predicted molar refractivity (Wildman–Crippen MR) is 89.7 cm³/mol. The lowest BCUT2D eigenvalue weighted by Gasteiger charge is -2.19. The van der Waals surface area contributed by atoms with Crippen LogP contribution in [0, 0.1) is 5.41 Å². The highest BCUT2D eigenvalue weighted by molar-refractivity contribution is 5.36. The maximum atomic E-state index is 8.69. The quantitative estimate of drug-likeness (QED) is 0.827.